The smallest absolute Gasteiger partial charge is 0.115 e. The molecule has 3 rings (SSSR count). The zero-order valence-electron chi connectivity index (χ0n) is 10.8. The Kier molecular flexibility index (Phi) is 2.71. The first-order chi connectivity index (χ1) is 8.30. The average Bonchev–Trinajstić information content (AvgIpc) is 2.89. The van der Waals surface area contributed by atoms with Gasteiger partial charge in [-0.1, -0.05) is 6.92 Å². The van der Waals surface area contributed by atoms with E-state index in [-0.39, 0.29) is 5.60 Å². The lowest BCUT2D eigenvalue weighted by Crippen LogP contribution is -2.40. The van der Waals surface area contributed by atoms with Gasteiger partial charge in [0.15, 0.2) is 0 Å². The summed E-state index contributed by atoms with van der Waals surface area (Å²) in [5, 5.41) is 8.22. The first kappa shape index (κ1) is 11.2. The summed E-state index contributed by atoms with van der Waals surface area (Å²) in [6.07, 6.45) is 3.17. The van der Waals surface area contributed by atoms with Crippen LogP contribution in [0.5, 0.6) is 0 Å². The van der Waals surface area contributed by atoms with E-state index in [2.05, 4.69) is 23.8 Å². The van der Waals surface area contributed by atoms with Crippen LogP contribution in [0.3, 0.4) is 0 Å². The highest BCUT2D eigenvalue weighted by molar-refractivity contribution is 5.34. The van der Waals surface area contributed by atoms with E-state index in [1.54, 1.807) is 0 Å². The van der Waals surface area contributed by atoms with Gasteiger partial charge in [0.2, 0.25) is 0 Å². The minimum Gasteiger partial charge on any atom is -0.364 e. The highest BCUT2D eigenvalue weighted by Gasteiger charge is 2.44. The van der Waals surface area contributed by atoms with Crippen molar-refractivity contribution in [2.24, 2.45) is 0 Å². The van der Waals surface area contributed by atoms with Gasteiger partial charge in [-0.05, 0) is 39.3 Å². The fourth-order valence-corrected chi connectivity index (χ4v) is 3.20. The van der Waals surface area contributed by atoms with E-state index < -0.39 is 0 Å². The average molecular weight is 235 g/mol. The Morgan fingerprint density at radius 2 is 2.12 bits per heavy atom. The van der Waals surface area contributed by atoms with Crippen LogP contribution in [0.25, 0.3) is 0 Å². The fourth-order valence-electron chi connectivity index (χ4n) is 3.20. The molecule has 94 valence electrons. The summed E-state index contributed by atoms with van der Waals surface area (Å²) >= 11 is 0. The molecule has 4 nitrogen and oxygen atoms in total. The van der Waals surface area contributed by atoms with E-state index in [1.807, 2.05) is 0 Å². The van der Waals surface area contributed by atoms with Gasteiger partial charge in [-0.2, -0.15) is 5.10 Å². The van der Waals surface area contributed by atoms with Gasteiger partial charge in [-0.15, -0.1) is 0 Å². The Morgan fingerprint density at radius 3 is 2.76 bits per heavy atom. The van der Waals surface area contributed by atoms with Gasteiger partial charge < -0.3 is 10.1 Å². The first-order valence-electron chi connectivity index (χ1n) is 6.74. The number of nitrogens with zero attached hydrogens (tertiary/aromatic N) is 2. The van der Waals surface area contributed by atoms with Gasteiger partial charge in [0, 0.05) is 17.8 Å². The van der Waals surface area contributed by atoms with E-state index in [4.69, 9.17) is 9.84 Å². The van der Waals surface area contributed by atoms with Crippen molar-refractivity contribution < 1.29 is 4.74 Å². The molecule has 3 heterocycles. The summed E-state index contributed by atoms with van der Waals surface area (Å²) < 4.78 is 8.28. The molecular formula is C13H21N3O. The molecule has 0 unspecified atom stereocenters. The van der Waals surface area contributed by atoms with Crippen LogP contribution in [0.4, 0.5) is 0 Å². The van der Waals surface area contributed by atoms with Crippen molar-refractivity contribution in [3.63, 3.8) is 0 Å². The van der Waals surface area contributed by atoms with Crippen molar-refractivity contribution in [1.29, 1.82) is 0 Å². The molecule has 1 aromatic heterocycles. The first-order valence-corrected chi connectivity index (χ1v) is 6.74. The second kappa shape index (κ2) is 4.10. The maximum absolute atomic E-state index is 6.12. The number of nitrogens with one attached hydrogen (secondary N) is 1. The van der Waals surface area contributed by atoms with E-state index in [9.17, 15) is 0 Å². The topological polar surface area (TPSA) is 39.1 Å². The molecule has 1 N–H and O–H groups in total. The molecule has 0 aromatic carbocycles. The Morgan fingerprint density at radius 1 is 1.35 bits per heavy atom. The normalized spacial score (nSPS) is 22.0. The molecule has 17 heavy (non-hydrogen) atoms. The number of piperidine rings is 1. The second-order valence-electron chi connectivity index (χ2n) is 4.98. The van der Waals surface area contributed by atoms with E-state index in [0.717, 1.165) is 45.5 Å². The summed E-state index contributed by atoms with van der Waals surface area (Å²) in [5.74, 6) is 0. The Bertz CT molecular complexity index is 419. The molecule has 2 aliphatic rings. The molecule has 0 amide bonds. The minimum atomic E-state index is -0.0784. The lowest BCUT2D eigenvalue weighted by atomic mass is 9.88. The molecule has 0 radical (unpaired) electrons. The van der Waals surface area contributed by atoms with Crippen LogP contribution in [-0.4, -0.2) is 22.9 Å². The molecule has 1 saturated heterocycles. The van der Waals surface area contributed by atoms with Crippen molar-refractivity contribution in [2.45, 2.75) is 51.9 Å². The third kappa shape index (κ3) is 1.54. The predicted octanol–water partition coefficient (Wildman–Crippen LogP) is 1.57. The molecule has 1 aromatic rings. The Balaban J connectivity index is 2.04. The van der Waals surface area contributed by atoms with Crippen molar-refractivity contribution in [2.75, 3.05) is 13.1 Å². The molecule has 0 atom stereocenters. The number of hydrogen-bond acceptors (Lipinski definition) is 3. The molecule has 1 spiro atoms. The van der Waals surface area contributed by atoms with Gasteiger partial charge in [-0.25, -0.2) is 0 Å². The SMILES string of the molecule is CCc1c2c(nn1CC)C1(CCNCC1)OC2. The van der Waals surface area contributed by atoms with E-state index in [0.29, 0.717) is 0 Å². The molecule has 0 bridgehead atoms. The number of fused-ring (bicyclic) bond motifs is 2. The van der Waals surface area contributed by atoms with Crippen LogP contribution in [-0.2, 0) is 29.9 Å². The van der Waals surface area contributed by atoms with Gasteiger partial charge in [-0.3, -0.25) is 4.68 Å². The highest BCUT2D eigenvalue weighted by Crippen LogP contribution is 2.43. The number of hydrogen-bond donors (Lipinski definition) is 1. The predicted molar refractivity (Wildman–Crippen MR) is 65.8 cm³/mol. The van der Waals surface area contributed by atoms with Crippen LogP contribution in [0.2, 0.25) is 0 Å². The van der Waals surface area contributed by atoms with Crippen LogP contribution in [0.15, 0.2) is 0 Å². The number of rotatable bonds is 2. The minimum absolute atomic E-state index is 0.0784. The molecule has 4 heteroatoms. The van der Waals surface area contributed by atoms with Gasteiger partial charge >= 0.3 is 0 Å². The van der Waals surface area contributed by atoms with Crippen LogP contribution < -0.4 is 5.32 Å². The molecular weight excluding hydrogens is 214 g/mol. The highest BCUT2D eigenvalue weighted by atomic mass is 16.5. The van der Waals surface area contributed by atoms with Crippen LogP contribution in [0, 0.1) is 0 Å². The largest absolute Gasteiger partial charge is 0.364 e. The van der Waals surface area contributed by atoms with Crippen LogP contribution in [0.1, 0.15) is 43.6 Å². The zero-order chi connectivity index (χ0) is 11.9. The maximum Gasteiger partial charge on any atom is 0.115 e. The lowest BCUT2D eigenvalue weighted by Gasteiger charge is -2.32. The monoisotopic (exact) mass is 235 g/mol. The van der Waals surface area contributed by atoms with Gasteiger partial charge in [0.1, 0.15) is 11.3 Å². The summed E-state index contributed by atoms with van der Waals surface area (Å²) in [6.45, 7) is 8.18. The fraction of sp³-hybridized carbons (Fsp3) is 0.769. The summed E-state index contributed by atoms with van der Waals surface area (Å²) in [7, 11) is 0. The Hall–Kier alpha value is -0.870. The summed E-state index contributed by atoms with van der Waals surface area (Å²) in [6, 6.07) is 0. The molecule has 0 aliphatic carbocycles. The standard InChI is InChI=1S/C13H21N3O/c1-3-11-10-9-17-13(5-7-14-8-6-13)12(10)15-16(11)4-2/h14H,3-9H2,1-2H3. The van der Waals surface area contributed by atoms with E-state index >= 15 is 0 Å². The number of ether oxygens (including phenoxy) is 1. The molecule has 2 aliphatic heterocycles. The Labute approximate surface area is 102 Å². The summed E-state index contributed by atoms with van der Waals surface area (Å²) in [5.41, 5.74) is 3.90. The molecule has 1 fully saturated rings. The van der Waals surface area contributed by atoms with Crippen molar-refractivity contribution in [1.82, 2.24) is 15.1 Å². The van der Waals surface area contributed by atoms with Gasteiger partial charge in [0.25, 0.3) is 0 Å². The van der Waals surface area contributed by atoms with Crippen LogP contribution >= 0.6 is 0 Å². The van der Waals surface area contributed by atoms with Gasteiger partial charge in [0.05, 0.1) is 6.61 Å². The summed E-state index contributed by atoms with van der Waals surface area (Å²) in [4.78, 5) is 0. The number of aromatic nitrogens is 2. The lowest BCUT2D eigenvalue weighted by molar-refractivity contribution is -0.0628. The van der Waals surface area contributed by atoms with Crippen molar-refractivity contribution in [3.05, 3.63) is 17.0 Å². The number of aryl methyl sites for hydroxylation is 1. The quantitative estimate of drug-likeness (QED) is 0.846. The molecule has 0 saturated carbocycles. The zero-order valence-corrected chi connectivity index (χ0v) is 10.8. The third-order valence-electron chi connectivity index (χ3n) is 4.14. The van der Waals surface area contributed by atoms with Crippen molar-refractivity contribution in [3.8, 4) is 0 Å². The third-order valence-corrected chi connectivity index (χ3v) is 4.14. The van der Waals surface area contributed by atoms with E-state index in [1.165, 1.54) is 17.0 Å². The van der Waals surface area contributed by atoms with Crippen molar-refractivity contribution >= 4 is 0 Å². The maximum atomic E-state index is 6.12. The second-order valence-corrected chi connectivity index (χ2v) is 4.98.